The standard InChI is InChI=1S/C23H26FN5OS/c1-15-13-25-23(31-15)28-21-12-20(26-16(2)27-21)10-18-4-3-9-29(14-18)22(30)11-17-5-7-19(24)8-6-17/h5-8,12-13,18H,3-4,9-11,14H2,1-2H3,(H,25,26,27,28). The van der Waals surface area contributed by atoms with Gasteiger partial charge in [-0.25, -0.2) is 19.3 Å². The molecular weight excluding hydrogens is 413 g/mol. The Balaban J connectivity index is 1.38. The van der Waals surface area contributed by atoms with Gasteiger partial charge in [-0.2, -0.15) is 0 Å². The SMILES string of the molecule is Cc1nc(CC2CCCN(C(=O)Cc3ccc(F)cc3)C2)cc(Nc2ncc(C)s2)n1. The molecule has 1 atom stereocenters. The minimum atomic E-state index is -0.284. The fourth-order valence-electron chi connectivity index (χ4n) is 3.96. The molecule has 0 radical (unpaired) electrons. The lowest BCUT2D eigenvalue weighted by Gasteiger charge is -2.33. The highest BCUT2D eigenvalue weighted by Crippen LogP contribution is 2.24. The Morgan fingerprint density at radius 2 is 2.06 bits per heavy atom. The minimum Gasteiger partial charge on any atom is -0.342 e. The molecule has 0 bridgehead atoms. The first-order valence-corrected chi connectivity index (χ1v) is 11.3. The van der Waals surface area contributed by atoms with Crippen LogP contribution in [-0.2, 0) is 17.6 Å². The number of benzene rings is 1. The van der Waals surface area contributed by atoms with Gasteiger partial charge >= 0.3 is 0 Å². The molecule has 1 aromatic carbocycles. The lowest BCUT2D eigenvalue weighted by Crippen LogP contribution is -2.41. The minimum absolute atomic E-state index is 0.0941. The molecule has 1 N–H and O–H groups in total. The first-order chi connectivity index (χ1) is 14.9. The van der Waals surface area contributed by atoms with Crippen molar-refractivity contribution in [3.8, 4) is 0 Å². The number of halogens is 1. The number of thiazole rings is 1. The number of piperidine rings is 1. The van der Waals surface area contributed by atoms with Gasteiger partial charge in [0.25, 0.3) is 0 Å². The van der Waals surface area contributed by atoms with E-state index in [0.29, 0.717) is 18.2 Å². The summed E-state index contributed by atoms with van der Waals surface area (Å²) in [5, 5.41) is 4.08. The second-order valence-electron chi connectivity index (χ2n) is 8.05. The molecule has 6 nitrogen and oxygen atoms in total. The molecule has 3 heterocycles. The van der Waals surface area contributed by atoms with Crippen molar-refractivity contribution in [2.45, 2.75) is 39.5 Å². The number of amides is 1. The predicted molar refractivity (Wildman–Crippen MR) is 120 cm³/mol. The number of carbonyl (C=O) groups excluding carboxylic acids is 1. The molecule has 3 aromatic rings. The van der Waals surface area contributed by atoms with Crippen LogP contribution in [0.5, 0.6) is 0 Å². The normalized spacial score (nSPS) is 16.4. The highest BCUT2D eigenvalue weighted by molar-refractivity contribution is 7.15. The van der Waals surface area contributed by atoms with Crippen LogP contribution in [0.2, 0.25) is 0 Å². The Morgan fingerprint density at radius 1 is 1.26 bits per heavy atom. The molecule has 8 heteroatoms. The van der Waals surface area contributed by atoms with Gasteiger partial charge in [0.05, 0.1) is 6.42 Å². The molecule has 162 valence electrons. The van der Waals surface area contributed by atoms with Crippen LogP contribution >= 0.6 is 11.3 Å². The third-order valence-corrected chi connectivity index (χ3v) is 6.21. The van der Waals surface area contributed by atoms with Crippen LogP contribution in [0.25, 0.3) is 0 Å². The number of aromatic nitrogens is 3. The van der Waals surface area contributed by atoms with E-state index in [9.17, 15) is 9.18 Å². The Labute approximate surface area is 185 Å². The summed E-state index contributed by atoms with van der Waals surface area (Å²) in [5.74, 6) is 1.63. The third kappa shape index (κ3) is 5.85. The number of nitrogens with one attached hydrogen (secondary N) is 1. The maximum Gasteiger partial charge on any atom is 0.226 e. The maximum absolute atomic E-state index is 13.1. The summed E-state index contributed by atoms with van der Waals surface area (Å²) in [6.45, 7) is 5.40. The number of aryl methyl sites for hydroxylation is 2. The first-order valence-electron chi connectivity index (χ1n) is 10.5. The van der Waals surface area contributed by atoms with E-state index in [0.717, 1.165) is 59.4 Å². The zero-order chi connectivity index (χ0) is 21.8. The molecular formula is C23H26FN5OS. The van der Waals surface area contributed by atoms with E-state index in [1.807, 2.05) is 31.0 Å². The van der Waals surface area contributed by atoms with Crippen LogP contribution in [0, 0.1) is 25.6 Å². The van der Waals surface area contributed by atoms with Crippen molar-refractivity contribution in [3.63, 3.8) is 0 Å². The highest BCUT2D eigenvalue weighted by atomic mass is 32.1. The van der Waals surface area contributed by atoms with E-state index in [4.69, 9.17) is 0 Å². The summed E-state index contributed by atoms with van der Waals surface area (Å²) >= 11 is 1.59. The fraction of sp³-hybridized carbons (Fsp3) is 0.391. The molecule has 31 heavy (non-hydrogen) atoms. The van der Waals surface area contributed by atoms with Crippen molar-refractivity contribution in [2.24, 2.45) is 5.92 Å². The molecule has 1 aliphatic heterocycles. The Kier molecular flexibility index (Phi) is 6.56. The number of anilines is 2. The Bertz CT molecular complexity index is 1050. The molecule has 1 saturated heterocycles. The molecule has 1 aliphatic rings. The van der Waals surface area contributed by atoms with Crippen molar-refractivity contribution in [1.29, 1.82) is 0 Å². The number of likely N-dealkylation sites (tertiary alicyclic amines) is 1. The second kappa shape index (κ2) is 9.51. The average molecular weight is 440 g/mol. The van der Waals surface area contributed by atoms with Gasteiger partial charge in [-0.15, -0.1) is 11.3 Å². The van der Waals surface area contributed by atoms with Gasteiger partial charge < -0.3 is 10.2 Å². The van der Waals surface area contributed by atoms with E-state index >= 15 is 0 Å². The van der Waals surface area contributed by atoms with Crippen molar-refractivity contribution >= 4 is 28.2 Å². The topological polar surface area (TPSA) is 71.0 Å². The summed E-state index contributed by atoms with van der Waals surface area (Å²) in [5.41, 5.74) is 1.81. The van der Waals surface area contributed by atoms with Crippen molar-refractivity contribution < 1.29 is 9.18 Å². The smallest absolute Gasteiger partial charge is 0.226 e. The van der Waals surface area contributed by atoms with E-state index < -0.39 is 0 Å². The summed E-state index contributed by atoms with van der Waals surface area (Å²) in [6, 6.07) is 8.13. The number of carbonyl (C=O) groups is 1. The maximum atomic E-state index is 13.1. The zero-order valence-electron chi connectivity index (χ0n) is 17.8. The Hall–Kier alpha value is -2.87. The van der Waals surface area contributed by atoms with Gasteiger partial charge in [-0.1, -0.05) is 12.1 Å². The molecule has 4 rings (SSSR count). The van der Waals surface area contributed by atoms with Gasteiger partial charge in [0.1, 0.15) is 17.5 Å². The van der Waals surface area contributed by atoms with E-state index in [1.165, 1.54) is 12.1 Å². The molecule has 2 aromatic heterocycles. The fourth-order valence-corrected chi connectivity index (χ4v) is 4.63. The van der Waals surface area contributed by atoms with Crippen molar-refractivity contribution in [2.75, 3.05) is 18.4 Å². The summed E-state index contributed by atoms with van der Waals surface area (Å²) in [6.07, 6.45) is 4.99. The van der Waals surface area contributed by atoms with E-state index in [1.54, 1.807) is 23.5 Å². The van der Waals surface area contributed by atoms with Crippen LogP contribution < -0.4 is 5.32 Å². The number of rotatable bonds is 6. The van der Waals surface area contributed by atoms with Gasteiger partial charge in [-0.3, -0.25) is 4.79 Å². The monoisotopic (exact) mass is 439 g/mol. The number of hydrogen-bond acceptors (Lipinski definition) is 6. The van der Waals surface area contributed by atoms with E-state index in [-0.39, 0.29) is 11.7 Å². The van der Waals surface area contributed by atoms with E-state index in [2.05, 4.69) is 20.3 Å². The molecule has 1 fully saturated rings. The molecule has 0 aliphatic carbocycles. The zero-order valence-corrected chi connectivity index (χ0v) is 18.6. The largest absolute Gasteiger partial charge is 0.342 e. The second-order valence-corrected chi connectivity index (χ2v) is 9.28. The summed E-state index contributed by atoms with van der Waals surface area (Å²) in [4.78, 5) is 29.3. The summed E-state index contributed by atoms with van der Waals surface area (Å²) in [7, 11) is 0. The number of nitrogens with zero attached hydrogens (tertiary/aromatic N) is 4. The first kappa shape index (κ1) is 21.4. The lowest BCUT2D eigenvalue weighted by molar-refractivity contribution is -0.132. The van der Waals surface area contributed by atoms with Gasteiger partial charge in [0, 0.05) is 35.9 Å². The highest BCUT2D eigenvalue weighted by Gasteiger charge is 2.24. The quantitative estimate of drug-likeness (QED) is 0.614. The number of hydrogen-bond donors (Lipinski definition) is 1. The van der Waals surface area contributed by atoms with Gasteiger partial charge in [-0.05, 0) is 56.7 Å². The van der Waals surface area contributed by atoms with Gasteiger partial charge in [0.2, 0.25) is 5.91 Å². The molecule has 0 spiro atoms. The van der Waals surface area contributed by atoms with Crippen molar-refractivity contribution in [3.05, 3.63) is 64.3 Å². The molecule has 1 amide bonds. The van der Waals surface area contributed by atoms with Gasteiger partial charge in [0.15, 0.2) is 5.13 Å². The van der Waals surface area contributed by atoms with Crippen LogP contribution in [0.15, 0.2) is 36.5 Å². The van der Waals surface area contributed by atoms with Crippen LogP contribution in [0.1, 0.15) is 34.8 Å². The molecule has 0 saturated carbocycles. The van der Waals surface area contributed by atoms with Crippen LogP contribution in [-0.4, -0.2) is 38.8 Å². The third-order valence-electron chi connectivity index (χ3n) is 5.39. The molecule has 1 unspecified atom stereocenters. The average Bonchev–Trinajstić information content (AvgIpc) is 3.14. The summed E-state index contributed by atoms with van der Waals surface area (Å²) < 4.78 is 13.1. The van der Waals surface area contributed by atoms with Crippen LogP contribution in [0.4, 0.5) is 15.3 Å². The lowest BCUT2D eigenvalue weighted by atomic mass is 9.93. The predicted octanol–water partition coefficient (Wildman–Crippen LogP) is 4.46. The van der Waals surface area contributed by atoms with Crippen molar-refractivity contribution in [1.82, 2.24) is 19.9 Å². The Morgan fingerprint density at radius 3 is 2.81 bits per heavy atom. The van der Waals surface area contributed by atoms with Crippen LogP contribution in [0.3, 0.4) is 0 Å².